The average Bonchev–Trinajstić information content (AvgIpc) is 2.86. The molecule has 0 saturated carbocycles. The molecule has 17 heavy (non-hydrogen) atoms. The van der Waals surface area contributed by atoms with Gasteiger partial charge < -0.3 is 14.4 Å². The molecule has 0 amide bonds. The van der Waals surface area contributed by atoms with E-state index >= 15 is 0 Å². The summed E-state index contributed by atoms with van der Waals surface area (Å²) in [5, 5.41) is 16.2. The summed E-state index contributed by atoms with van der Waals surface area (Å²) in [6, 6.07) is 1.74. The topological polar surface area (TPSA) is 103 Å². The Kier molecular flexibility index (Phi) is 3.15. The Bertz CT molecular complexity index is 519. The number of carboxylic acids is 1. The fourth-order valence-corrected chi connectivity index (χ4v) is 1.18. The summed E-state index contributed by atoms with van der Waals surface area (Å²) in [6.45, 7) is -0.437. The number of hydrogen-bond acceptors (Lipinski definition) is 6. The maximum absolute atomic E-state index is 10.2. The first-order chi connectivity index (χ1) is 8.15. The third-order valence-corrected chi connectivity index (χ3v) is 1.86. The van der Waals surface area contributed by atoms with Crippen LogP contribution < -0.4 is 0 Å². The van der Waals surface area contributed by atoms with Crippen LogP contribution in [0.1, 0.15) is 5.89 Å². The van der Waals surface area contributed by atoms with Crippen LogP contribution in [0.25, 0.3) is 11.5 Å². The van der Waals surface area contributed by atoms with Crippen molar-refractivity contribution in [3.8, 4) is 11.5 Å². The Morgan fingerprint density at radius 2 is 2.47 bits per heavy atom. The first-order valence-corrected chi connectivity index (χ1v) is 4.77. The molecule has 8 heteroatoms. The van der Waals surface area contributed by atoms with Crippen molar-refractivity contribution in [3.05, 3.63) is 18.2 Å². The highest BCUT2D eigenvalue weighted by Gasteiger charge is 2.11. The van der Waals surface area contributed by atoms with Crippen molar-refractivity contribution in [3.63, 3.8) is 0 Å². The Morgan fingerprint density at radius 3 is 3.12 bits per heavy atom. The number of aryl methyl sites for hydroxylation is 1. The minimum Gasteiger partial charge on any atom is -0.480 e. The maximum atomic E-state index is 10.2. The van der Waals surface area contributed by atoms with E-state index in [2.05, 4.69) is 15.2 Å². The van der Waals surface area contributed by atoms with E-state index in [-0.39, 0.29) is 12.5 Å². The zero-order valence-electron chi connectivity index (χ0n) is 9.03. The lowest BCUT2D eigenvalue weighted by atomic mass is 10.4. The molecule has 0 aliphatic heterocycles. The van der Waals surface area contributed by atoms with E-state index in [0.29, 0.717) is 11.5 Å². The van der Waals surface area contributed by atoms with E-state index in [1.165, 1.54) is 0 Å². The van der Waals surface area contributed by atoms with Crippen LogP contribution in [0.5, 0.6) is 0 Å². The molecule has 2 heterocycles. The molecule has 0 atom stereocenters. The van der Waals surface area contributed by atoms with E-state index in [0.717, 1.165) is 0 Å². The van der Waals surface area contributed by atoms with Crippen LogP contribution in [0.3, 0.4) is 0 Å². The second kappa shape index (κ2) is 4.74. The monoisotopic (exact) mass is 238 g/mol. The van der Waals surface area contributed by atoms with E-state index in [9.17, 15) is 4.79 Å². The molecule has 90 valence electrons. The van der Waals surface area contributed by atoms with Gasteiger partial charge in [0.1, 0.15) is 18.9 Å². The van der Waals surface area contributed by atoms with Crippen molar-refractivity contribution in [1.82, 2.24) is 19.9 Å². The van der Waals surface area contributed by atoms with Gasteiger partial charge in [0.25, 0.3) is 5.89 Å². The highest BCUT2D eigenvalue weighted by atomic mass is 16.5. The summed E-state index contributed by atoms with van der Waals surface area (Å²) < 4.78 is 11.3. The van der Waals surface area contributed by atoms with Gasteiger partial charge in [0.2, 0.25) is 5.82 Å². The zero-order valence-corrected chi connectivity index (χ0v) is 9.03. The van der Waals surface area contributed by atoms with E-state index in [1.54, 1.807) is 24.0 Å². The number of rotatable bonds is 5. The zero-order chi connectivity index (χ0) is 12.3. The number of aliphatic carboxylic acids is 1. The number of hydrogen-bond donors (Lipinski definition) is 1. The van der Waals surface area contributed by atoms with Crippen molar-refractivity contribution in [2.24, 2.45) is 7.05 Å². The summed E-state index contributed by atoms with van der Waals surface area (Å²) in [5.74, 6) is -0.485. The molecule has 0 aliphatic rings. The van der Waals surface area contributed by atoms with Gasteiger partial charge in [-0.3, -0.25) is 4.68 Å². The number of carboxylic acid groups (broad SMARTS) is 1. The van der Waals surface area contributed by atoms with Crippen molar-refractivity contribution in [2.75, 3.05) is 6.61 Å². The molecule has 0 fully saturated rings. The fraction of sp³-hybridized carbons (Fsp3) is 0.333. The molecular formula is C9H10N4O4. The molecule has 2 rings (SSSR count). The molecule has 2 aromatic rings. The van der Waals surface area contributed by atoms with E-state index in [4.69, 9.17) is 14.4 Å². The molecule has 8 nitrogen and oxygen atoms in total. The Labute approximate surface area is 95.8 Å². The quantitative estimate of drug-likeness (QED) is 0.786. The predicted molar refractivity (Wildman–Crippen MR) is 53.8 cm³/mol. The molecule has 0 unspecified atom stereocenters. The van der Waals surface area contributed by atoms with Gasteiger partial charge >= 0.3 is 5.97 Å². The van der Waals surface area contributed by atoms with Crippen LogP contribution in [0.15, 0.2) is 16.8 Å². The average molecular weight is 238 g/mol. The van der Waals surface area contributed by atoms with Crippen LogP contribution in [-0.4, -0.2) is 37.6 Å². The van der Waals surface area contributed by atoms with Crippen LogP contribution in [-0.2, 0) is 23.2 Å². The van der Waals surface area contributed by atoms with Crippen molar-refractivity contribution >= 4 is 5.97 Å². The van der Waals surface area contributed by atoms with Gasteiger partial charge in [0.15, 0.2) is 0 Å². The normalized spacial score (nSPS) is 10.6. The summed E-state index contributed by atoms with van der Waals surface area (Å²) in [6.07, 6.45) is 1.76. The number of carbonyl (C=O) groups is 1. The Morgan fingerprint density at radius 1 is 1.65 bits per heavy atom. The summed E-state index contributed by atoms with van der Waals surface area (Å²) in [5.41, 5.74) is 0.584. The van der Waals surface area contributed by atoms with Crippen LogP contribution in [0.4, 0.5) is 0 Å². The predicted octanol–water partition coefficient (Wildman–Crippen LogP) is 0.0713. The molecule has 2 aromatic heterocycles. The summed E-state index contributed by atoms with van der Waals surface area (Å²) in [7, 11) is 1.78. The number of aromatic nitrogens is 4. The molecular weight excluding hydrogens is 228 g/mol. The second-order valence-corrected chi connectivity index (χ2v) is 3.27. The summed E-state index contributed by atoms with van der Waals surface area (Å²) >= 11 is 0. The highest BCUT2D eigenvalue weighted by Crippen LogP contribution is 2.12. The molecule has 0 radical (unpaired) electrons. The summed E-state index contributed by atoms with van der Waals surface area (Å²) in [4.78, 5) is 14.2. The highest BCUT2D eigenvalue weighted by molar-refractivity contribution is 5.67. The van der Waals surface area contributed by atoms with Gasteiger partial charge in [0, 0.05) is 13.2 Å². The molecule has 0 spiro atoms. The fourth-order valence-electron chi connectivity index (χ4n) is 1.18. The van der Waals surface area contributed by atoms with Crippen LogP contribution in [0, 0.1) is 0 Å². The molecule has 1 N–H and O–H groups in total. The van der Waals surface area contributed by atoms with Gasteiger partial charge in [-0.25, -0.2) is 4.79 Å². The largest absolute Gasteiger partial charge is 0.480 e. The van der Waals surface area contributed by atoms with Gasteiger partial charge in [0.05, 0.1) is 0 Å². The first kappa shape index (κ1) is 11.3. The lowest BCUT2D eigenvalue weighted by molar-refractivity contribution is -0.142. The SMILES string of the molecule is Cn1ccc(-c2noc(COCC(=O)O)n2)n1. The lowest BCUT2D eigenvalue weighted by Crippen LogP contribution is -2.06. The van der Waals surface area contributed by atoms with E-state index < -0.39 is 12.6 Å². The van der Waals surface area contributed by atoms with Gasteiger partial charge in [-0.2, -0.15) is 10.1 Å². The Balaban J connectivity index is 1.98. The number of ether oxygens (including phenoxy) is 1. The second-order valence-electron chi connectivity index (χ2n) is 3.27. The van der Waals surface area contributed by atoms with Crippen LogP contribution in [0.2, 0.25) is 0 Å². The van der Waals surface area contributed by atoms with Crippen molar-refractivity contribution in [1.29, 1.82) is 0 Å². The molecule has 0 aromatic carbocycles. The minimum atomic E-state index is -1.05. The lowest BCUT2D eigenvalue weighted by Gasteiger charge is -1.93. The van der Waals surface area contributed by atoms with Gasteiger partial charge in [-0.15, -0.1) is 0 Å². The maximum Gasteiger partial charge on any atom is 0.329 e. The van der Waals surface area contributed by atoms with Crippen molar-refractivity contribution in [2.45, 2.75) is 6.61 Å². The third kappa shape index (κ3) is 2.88. The Hall–Kier alpha value is -2.22. The van der Waals surface area contributed by atoms with Crippen molar-refractivity contribution < 1.29 is 19.2 Å². The third-order valence-electron chi connectivity index (χ3n) is 1.86. The molecule has 0 saturated heterocycles. The van der Waals surface area contributed by atoms with Gasteiger partial charge in [-0.1, -0.05) is 5.16 Å². The van der Waals surface area contributed by atoms with Gasteiger partial charge in [-0.05, 0) is 6.07 Å². The minimum absolute atomic E-state index is 0.0356. The standard InChI is InChI=1S/C9H10N4O4/c1-13-3-2-6(11-13)9-10-7(17-12-9)4-16-5-8(14)15/h2-3H,4-5H2,1H3,(H,14,15). The molecule has 0 bridgehead atoms. The van der Waals surface area contributed by atoms with Crippen LogP contribution >= 0.6 is 0 Å². The smallest absolute Gasteiger partial charge is 0.329 e. The molecule has 0 aliphatic carbocycles. The first-order valence-electron chi connectivity index (χ1n) is 4.77. The number of nitrogens with zero attached hydrogens (tertiary/aromatic N) is 4. The van der Waals surface area contributed by atoms with E-state index in [1.807, 2.05) is 0 Å².